The van der Waals surface area contributed by atoms with E-state index in [9.17, 15) is 9.90 Å². The molecule has 1 amide bonds. The highest BCUT2D eigenvalue weighted by Gasteiger charge is 2.27. The summed E-state index contributed by atoms with van der Waals surface area (Å²) in [5.74, 6) is -0.0764. The van der Waals surface area contributed by atoms with E-state index in [1.165, 1.54) is 6.26 Å². The number of rotatable bonds is 3. The van der Waals surface area contributed by atoms with Crippen molar-refractivity contribution in [3.05, 3.63) is 23.1 Å². The number of hydrogen-bond donors (Lipinski definition) is 2. The molecule has 0 aliphatic heterocycles. The zero-order valence-corrected chi connectivity index (χ0v) is 10.2. The molecule has 0 bridgehead atoms. The fourth-order valence-electron chi connectivity index (χ4n) is 2.32. The standard InChI is InChI=1S/C12H16ClNO3/c13-11-9(5-6-17-11)12(16)14-10-4-2-1-3-8(10)7-15/h5-6,8,10,15H,1-4,7H2,(H,14,16). The molecule has 4 nitrogen and oxygen atoms in total. The maximum Gasteiger partial charge on any atom is 0.256 e. The molecule has 2 atom stereocenters. The summed E-state index contributed by atoms with van der Waals surface area (Å²) >= 11 is 5.75. The van der Waals surface area contributed by atoms with Crippen LogP contribution in [-0.4, -0.2) is 23.7 Å². The molecule has 1 aromatic heterocycles. The first-order valence-electron chi connectivity index (χ1n) is 5.87. The fourth-order valence-corrected chi connectivity index (χ4v) is 2.52. The van der Waals surface area contributed by atoms with Gasteiger partial charge in [-0.15, -0.1) is 0 Å². The van der Waals surface area contributed by atoms with E-state index in [0.717, 1.165) is 25.7 Å². The molecule has 0 spiro atoms. The van der Waals surface area contributed by atoms with Gasteiger partial charge in [-0.2, -0.15) is 0 Å². The average molecular weight is 258 g/mol. The normalized spacial score (nSPS) is 24.6. The zero-order chi connectivity index (χ0) is 12.3. The Balaban J connectivity index is 2.00. The number of carbonyl (C=O) groups excluding carboxylic acids is 1. The second kappa shape index (κ2) is 5.56. The molecule has 0 aromatic carbocycles. The zero-order valence-electron chi connectivity index (χ0n) is 9.49. The van der Waals surface area contributed by atoms with Gasteiger partial charge in [0.15, 0.2) is 0 Å². The minimum atomic E-state index is -0.228. The predicted octanol–water partition coefficient (Wildman–Crippen LogP) is 2.21. The smallest absolute Gasteiger partial charge is 0.256 e. The van der Waals surface area contributed by atoms with E-state index in [1.54, 1.807) is 6.07 Å². The Kier molecular flexibility index (Phi) is 4.07. The molecule has 2 N–H and O–H groups in total. The van der Waals surface area contributed by atoms with E-state index in [2.05, 4.69) is 5.32 Å². The molecule has 1 aliphatic rings. The molecule has 1 fully saturated rings. The first-order valence-corrected chi connectivity index (χ1v) is 6.25. The molecule has 2 unspecified atom stereocenters. The molecule has 5 heteroatoms. The van der Waals surface area contributed by atoms with Crippen LogP contribution in [-0.2, 0) is 0 Å². The Morgan fingerprint density at radius 3 is 2.94 bits per heavy atom. The van der Waals surface area contributed by atoms with E-state index in [1.807, 2.05) is 0 Å². The number of halogens is 1. The first-order chi connectivity index (χ1) is 8.22. The van der Waals surface area contributed by atoms with Crippen LogP contribution in [0.5, 0.6) is 0 Å². The van der Waals surface area contributed by atoms with Crippen molar-refractivity contribution >= 4 is 17.5 Å². The van der Waals surface area contributed by atoms with Crippen LogP contribution >= 0.6 is 11.6 Å². The van der Waals surface area contributed by atoms with Crippen LogP contribution in [0.25, 0.3) is 0 Å². The van der Waals surface area contributed by atoms with Crippen molar-refractivity contribution in [2.24, 2.45) is 5.92 Å². The molecule has 1 aliphatic carbocycles. The first kappa shape index (κ1) is 12.5. The number of carbonyl (C=O) groups is 1. The van der Waals surface area contributed by atoms with Crippen molar-refractivity contribution in [3.8, 4) is 0 Å². The molecule has 1 aromatic rings. The summed E-state index contributed by atoms with van der Waals surface area (Å²) in [6.07, 6.45) is 5.46. The minimum absolute atomic E-state index is 0.0345. The number of amides is 1. The molecule has 1 saturated carbocycles. The monoisotopic (exact) mass is 257 g/mol. The van der Waals surface area contributed by atoms with Crippen LogP contribution in [0.3, 0.4) is 0 Å². The molecular weight excluding hydrogens is 242 g/mol. The lowest BCUT2D eigenvalue weighted by Crippen LogP contribution is -2.43. The fraction of sp³-hybridized carbons (Fsp3) is 0.583. The Morgan fingerprint density at radius 1 is 1.53 bits per heavy atom. The van der Waals surface area contributed by atoms with Crippen molar-refractivity contribution < 1.29 is 14.3 Å². The van der Waals surface area contributed by atoms with Crippen LogP contribution in [0.15, 0.2) is 16.7 Å². The highest BCUT2D eigenvalue weighted by Crippen LogP contribution is 2.25. The maximum atomic E-state index is 11.9. The summed E-state index contributed by atoms with van der Waals surface area (Å²) in [5, 5.41) is 12.3. The van der Waals surface area contributed by atoms with E-state index < -0.39 is 0 Å². The van der Waals surface area contributed by atoms with E-state index in [0.29, 0.717) is 5.56 Å². The summed E-state index contributed by atoms with van der Waals surface area (Å²) in [5.41, 5.74) is 0.355. The number of aliphatic hydroxyl groups is 1. The molecular formula is C12H16ClNO3. The molecule has 2 rings (SSSR count). The lowest BCUT2D eigenvalue weighted by atomic mass is 9.85. The largest absolute Gasteiger partial charge is 0.452 e. The average Bonchev–Trinajstić information content (AvgIpc) is 2.76. The second-order valence-corrected chi connectivity index (χ2v) is 4.76. The highest BCUT2D eigenvalue weighted by molar-refractivity contribution is 6.32. The molecule has 17 heavy (non-hydrogen) atoms. The van der Waals surface area contributed by atoms with Gasteiger partial charge in [-0.25, -0.2) is 0 Å². The summed E-state index contributed by atoms with van der Waals surface area (Å²) in [7, 11) is 0. The minimum Gasteiger partial charge on any atom is -0.452 e. The Morgan fingerprint density at radius 2 is 2.29 bits per heavy atom. The predicted molar refractivity (Wildman–Crippen MR) is 64.0 cm³/mol. The van der Waals surface area contributed by atoms with Crippen LogP contribution in [0.1, 0.15) is 36.0 Å². The van der Waals surface area contributed by atoms with Crippen LogP contribution < -0.4 is 5.32 Å². The van der Waals surface area contributed by atoms with Gasteiger partial charge in [-0.1, -0.05) is 12.8 Å². The summed E-state index contributed by atoms with van der Waals surface area (Å²) < 4.78 is 4.88. The number of furan rings is 1. The third-order valence-corrected chi connectivity index (χ3v) is 3.62. The van der Waals surface area contributed by atoms with Gasteiger partial charge >= 0.3 is 0 Å². The Labute approximate surface area is 105 Å². The van der Waals surface area contributed by atoms with Crippen molar-refractivity contribution in [1.29, 1.82) is 0 Å². The second-order valence-electron chi connectivity index (χ2n) is 4.42. The van der Waals surface area contributed by atoms with Gasteiger partial charge in [0, 0.05) is 18.6 Å². The van der Waals surface area contributed by atoms with Crippen LogP contribution in [0, 0.1) is 5.92 Å². The number of nitrogens with one attached hydrogen (secondary N) is 1. The lowest BCUT2D eigenvalue weighted by Gasteiger charge is -2.30. The van der Waals surface area contributed by atoms with E-state index >= 15 is 0 Å². The number of hydrogen-bond acceptors (Lipinski definition) is 3. The van der Waals surface area contributed by atoms with Crippen LogP contribution in [0.2, 0.25) is 5.22 Å². The highest BCUT2D eigenvalue weighted by atomic mass is 35.5. The Bertz CT molecular complexity index is 391. The summed E-state index contributed by atoms with van der Waals surface area (Å²) in [6.45, 7) is 0.115. The number of aliphatic hydroxyl groups excluding tert-OH is 1. The molecule has 0 radical (unpaired) electrons. The van der Waals surface area contributed by atoms with Gasteiger partial charge in [-0.3, -0.25) is 4.79 Å². The lowest BCUT2D eigenvalue weighted by molar-refractivity contribution is 0.0872. The third-order valence-electron chi connectivity index (χ3n) is 3.32. The van der Waals surface area contributed by atoms with Gasteiger partial charge in [0.25, 0.3) is 5.91 Å². The topological polar surface area (TPSA) is 62.5 Å². The SMILES string of the molecule is O=C(NC1CCCCC1CO)c1ccoc1Cl. The van der Waals surface area contributed by atoms with Gasteiger partial charge in [0.1, 0.15) is 0 Å². The molecule has 1 heterocycles. The van der Waals surface area contributed by atoms with Crippen LogP contribution in [0.4, 0.5) is 0 Å². The van der Waals surface area contributed by atoms with Gasteiger partial charge < -0.3 is 14.8 Å². The molecule has 94 valence electrons. The van der Waals surface area contributed by atoms with Crippen molar-refractivity contribution in [1.82, 2.24) is 5.32 Å². The van der Waals surface area contributed by atoms with E-state index in [-0.39, 0.29) is 29.7 Å². The van der Waals surface area contributed by atoms with Gasteiger partial charge in [0.05, 0.1) is 11.8 Å². The quantitative estimate of drug-likeness (QED) is 0.873. The molecule has 0 saturated heterocycles. The van der Waals surface area contributed by atoms with Crippen molar-refractivity contribution in [2.75, 3.05) is 6.61 Å². The van der Waals surface area contributed by atoms with Crippen molar-refractivity contribution in [3.63, 3.8) is 0 Å². The maximum absolute atomic E-state index is 11.9. The van der Waals surface area contributed by atoms with Crippen molar-refractivity contribution in [2.45, 2.75) is 31.7 Å². The Hall–Kier alpha value is -1.00. The summed E-state index contributed by atoms with van der Waals surface area (Å²) in [4.78, 5) is 11.9. The third kappa shape index (κ3) is 2.82. The van der Waals surface area contributed by atoms with Gasteiger partial charge in [0.2, 0.25) is 5.22 Å². The van der Waals surface area contributed by atoms with E-state index in [4.69, 9.17) is 16.0 Å². The van der Waals surface area contributed by atoms with Gasteiger partial charge in [-0.05, 0) is 30.5 Å². The summed E-state index contributed by atoms with van der Waals surface area (Å²) in [6, 6.07) is 1.58.